The molecule has 0 radical (unpaired) electrons. The summed E-state index contributed by atoms with van der Waals surface area (Å²) in [5.74, 6) is -0.197. The van der Waals surface area contributed by atoms with Crippen LogP contribution in [0.5, 0.6) is 5.95 Å². The zero-order valence-corrected chi connectivity index (χ0v) is 12.8. The van der Waals surface area contributed by atoms with E-state index in [9.17, 15) is 14.3 Å². The third-order valence-electron chi connectivity index (χ3n) is 3.68. The number of imidazole rings is 1. The molecule has 4 aromatic rings. The quantitative estimate of drug-likeness (QED) is 0.528. The minimum atomic E-state index is -0.376. The first-order chi connectivity index (χ1) is 12.1. The van der Waals surface area contributed by atoms with Crippen LogP contribution in [0, 0.1) is 5.82 Å². The maximum atomic E-state index is 13.0. The van der Waals surface area contributed by atoms with Crippen LogP contribution in [0.2, 0.25) is 0 Å². The zero-order valence-electron chi connectivity index (χ0n) is 12.8. The second-order valence-corrected chi connectivity index (χ2v) is 5.39. The van der Waals surface area contributed by atoms with Gasteiger partial charge in [0.25, 0.3) is 11.9 Å². The standard InChI is InChI=1S/C18H12FN3O3/c19-10-4-6-11(7-5-10)20-18(24)12-2-1-3-13-16(12)22-17(21-13)14-8-9-15(23)25-14/h1-9,23H,(H,20,24)(H,21,22). The van der Waals surface area contributed by atoms with Gasteiger partial charge >= 0.3 is 0 Å². The second kappa shape index (κ2) is 5.79. The monoisotopic (exact) mass is 337 g/mol. The summed E-state index contributed by atoms with van der Waals surface area (Å²) in [6, 6.07) is 13.6. The van der Waals surface area contributed by atoms with Crippen molar-refractivity contribution in [1.82, 2.24) is 9.97 Å². The van der Waals surface area contributed by atoms with Gasteiger partial charge in [0.1, 0.15) is 11.3 Å². The van der Waals surface area contributed by atoms with Gasteiger partial charge in [-0.1, -0.05) is 6.07 Å². The summed E-state index contributed by atoms with van der Waals surface area (Å²) in [6.45, 7) is 0. The first-order valence-corrected chi connectivity index (χ1v) is 7.45. The van der Waals surface area contributed by atoms with Gasteiger partial charge in [-0.05, 0) is 42.5 Å². The number of furan rings is 1. The van der Waals surface area contributed by atoms with E-state index in [0.717, 1.165) is 0 Å². The van der Waals surface area contributed by atoms with E-state index in [1.54, 1.807) is 24.3 Å². The second-order valence-electron chi connectivity index (χ2n) is 5.39. The van der Waals surface area contributed by atoms with Crippen LogP contribution in [-0.4, -0.2) is 21.0 Å². The number of rotatable bonds is 3. The number of H-pyrrole nitrogens is 1. The number of fused-ring (bicyclic) bond motifs is 1. The van der Waals surface area contributed by atoms with Crippen molar-refractivity contribution in [3.8, 4) is 17.5 Å². The summed E-state index contributed by atoms with van der Waals surface area (Å²) < 4.78 is 18.1. The summed E-state index contributed by atoms with van der Waals surface area (Å²) >= 11 is 0. The molecule has 3 N–H and O–H groups in total. The van der Waals surface area contributed by atoms with Crippen molar-refractivity contribution in [1.29, 1.82) is 0 Å². The van der Waals surface area contributed by atoms with Crippen molar-refractivity contribution in [2.75, 3.05) is 5.32 Å². The van der Waals surface area contributed by atoms with Gasteiger partial charge in [-0.25, -0.2) is 9.37 Å². The van der Waals surface area contributed by atoms with Crippen molar-refractivity contribution >= 4 is 22.6 Å². The van der Waals surface area contributed by atoms with Crippen LogP contribution in [-0.2, 0) is 0 Å². The molecule has 0 bridgehead atoms. The van der Waals surface area contributed by atoms with E-state index in [1.807, 2.05) is 0 Å². The molecular weight excluding hydrogens is 325 g/mol. The normalized spacial score (nSPS) is 10.9. The SMILES string of the molecule is O=C(Nc1ccc(F)cc1)c1cccc2[nH]c(-c3ccc(O)o3)nc12. The molecule has 2 heterocycles. The van der Waals surface area contributed by atoms with E-state index >= 15 is 0 Å². The Morgan fingerprint density at radius 1 is 1.12 bits per heavy atom. The van der Waals surface area contributed by atoms with Crippen LogP contribution in [0.4, 0.5) is 10.1 Å². The topological polar surface area (TPSA) is 91.2 Å². The van der Waals surface area contributed by atoms with E-state index in [1.165, 1.54) is 30.3 Å². The smallest absolute Gasteiger partial charge is 0.282 e. The van der Waals surface area contributed by atoms with Crippen LogP contribution >= 0.6 is 0 Å². The molecule has 2 aromatic heterocycles. The summed E-state index contributed by atoms with van der Waals surface area (Å²) in [5.41, 5.74) is 1.96. The Balaban J connectivity index is 1.70. The van der Waals surface area contributed by atoms with Crippen molar-refractivity contribution in [2.45, 2.75) is 0 Å². The number of aromatic amines is 1. The lowest BCUT2D eigenvalue weighted by Gasteiger charge is -2.05. The number of aromatic hydroxyl groups is 1. The zero-order chi connectivity index (χ0) is 17.4. The number of anilines is 1. The predicted octanol–water partition coefficient (Wildman–Crippen LogP) is 3.92. The maximum Gasteiger partial charge on any atom is 0.282 e. The van der Waals surface area contributed by atoms with Gasteiger partial charge in [0, 0.05) is 11.8 Å². The molecule has 2 aromatic carbocycles. The van der Waals surface area contributed by atoms with E-state index < -0.39 is 0 Å². The molecule has 4 rings (SSSR count). The Morgan fingerprint density at radius 3 is 2.64 bits per heavy atom. The fourth-order valence-electron chi connectivity index (χ4n) is 2.52. The van der Waals surface area contributed by atoms with Crippen LogP contribution < -0.4 is 5.32 Å². The lowest BCUT2D eigenvalue weighted by molar-refractivity contribution is 0.102. The number of hydrogen-bond donors (Lipinski definition) is 3. The van der Waals surface area contributed by atoms with Gasteiger partial charge in [0.05, 0.1) is 11.1 Å². The number of carbonyl (C=O) groups is 1. The number of amides is 1. The lowest BCUT2D eigenvalue weighted by Crippen LogP contribution is -2.12. The molecule has 0 aliphatic heterocycles. The number of halogens is 1. The lowest BCUT2D eigenvalue weighted by atomic mass is 10.1. The largest absolute Gasteiger partial charge is 0.481 e. The van der Waals surface area contributed by atoms with Crippen molar-refractivity contribution in [3.05, 3.63) is 66.0 Å². The van der Waals surface area contributed by atoms with Gasteiger partial charge in [-0.3, -0.25) is 4.79 Å². The highest BCUT2D eigenvalue weighted by Gasteiger charge is 2.16. The molecule has 0 fully saturated rings. The predicted molar refractivity (Wildman–Crippen MR) is 89.8 cm³/mol. The molecule has 0 unspecified atom stereocenters. The number of aromatic nitrogens is 2. The molecular formula is C18H12FN3O3. The first kappa shape index (κ1) is 14.9. The molecule has 6 nitrogen and oxygen atoms in total. The Labute approximate surface area is 140 Å². The molecule has 7 heteroatoms. The number of benzene rings is 2. The molecule has 0 atom stereocenters. The first-order valence-electron chi connectivity index (χ1n) is 7.45. The van der Waals surface area contributed by atoms with Crippen molar-refractivity contribution in [2.24, 2.45) is 0 Å². The number of hydrogen-bond acceptors (Lipinski definition) is 4. The number of nitrogens with one attached hydrogen (secondary N) is 2. The Bertz CT molecular complexity index is 1070. The van der Waals surface area contributed by atoms with E-state index in [2.05, 4.69) is 15.3 Å². The molecule has 0 saturated heterocycles. The molecule has 124 valence electrons. The molecule has 0 spiro atoms. The van der Waals surface area contributed by atoms with E-state index in [4.69, 9.17) is 4.42 Å². The molecule has 1 amide bonds. The van der Waals surface area contributed by atoms with Crippen LogP contribution in [0.25, 0.3) is 22.6 Å². The summed E-state index contributed by atoms with van der Waals surface area (Å²) in [5, 5.41) is 12.0. The molecule has 0 aliphatic carbocycles. The molecule has 0 aliphatic rings. The highest BCUT2D eigenvalue weighted by Crippen LogP contribution is 2.27. The fraction of sp³-hybridized carbons (Fsp3) is 0. The molecule has 0 saturated carbocycles. The van der Waals surface area contributed by atoms with E-state index in [0.29, 0.717) is 33.9 Å². The van der Waals surface area contributed by atoms with Crippen LogP contribution in [0.3, 0.4) is 0 Å². The highest BCUT2D eigenvalue weighted by molar-refractivity contribution is 6.11. The minimum absolute atomic E-state index is 0.218. The van der Waals surface area contributed by atoms with E-state index in [-0.39, 0.29) is 17.7 Å². The van der Waals surface area contributed by atoms with Gasteiger partial charge in [0.2, 0.25) is 0 Å². The van der Waals surface area contributed by atoms with Crippen molar-refractivity contribution in [3.63, 3.8) is 0 Å². The number of para-hydroxylation sites is 1. The fourth-order valence-corrected chi connectivity index (χ4v) is 2.52. The molecule has 25 heavy (non-hydrogen) atoms. The number of nitrogens with zero attached hydrogens (tertiary/aromatic N) is 1. The van der Waals surface area contributed by atoms with Gasteiger partial charge in [-0.15, -0.1) is 0 Å². The van der Waals surface area contributed by atoms with Crippen LogP contribution in [0.1, 0.15) is 10.4 Å². The summed E-state index contributed by atoms with van der Waals surface area (Å²) in [6.07, 6.45) is 0. The average molecular weight is 337 g/mol. The Morgan fingerprint density at radius 2 is 1.92 bits per heavy atom. The Hall–Kier alpha value is -3.61. The summed E-state index contributed by atoms with van der Waals surface area (Å²) in [7, 11) is 0. The van der Waals surface area contributed by atoms with Gasteiger partial charge in [-0.2, -0.15) is 0 Å². The van der Waals surface area contributed by atoms with Crippen molar-refractivity contribution < 1.29 is 18.7 Å². The Kier molecular flexibility index (Phi) is 3.46. The average Bonchev–Trinajstić information content (AvgIpc) is 3.22. The minimum Gasteiger partial charge on any atom is -0.481 e. The number of carbonyl (C=O) groups excluding carboxylic acids is 1. The summed E-state index contributed by atoms with van der Waals surface area (Å²) in [4.78, 5) is 20.0. The third kappa shape index (κ3) is 2.83. The van der Waals surface area contributed by atoms with Gasteiger partial charge < -0.3 is 19.8 Å². The van der Waals surface area contributed by atoms with Crippen LogP contribution in [0.15, 0.2) is 59.0 Å². The van der Waals surface area contributed by atoms with Gasteiger partial charge in [0.15, 0.2) is 11.6 Å². The third-order valence-corrected chi connectivity index (χ3v) is 3.68. The highest BCUT2D eigenvalue weighted by atomic mass is 19.1. The maximum absolute atomic E-state index is 13.0.